The molecule has 1 fully saturated rings. The van der Waals surface area contributed by atoms with E-state index >= 15 is 0 Å². The molecule has 0 spiro atoms. The van der Waals surface area contributed by atoms with Gasteiger partial charge < -0.3 is 5.32 Å². The smallest absolute Gasteiger partial charge is 0.00608 e. The van der Waals surface area contributed by atoms with Crippen LogP contribution >= 0.6 is 11.8 Å². The van der Waals surface area contributed by atoms with Gasteiger partial charge in [-0.15, -0.1) is 0 Å². The maximum absolute atomic E-state index is 3.57. The molecule has 0 aromatic rings. The van der Waals surface area contributed by atoms with Crippen molar-refractivity contribution >= 4 is 11.8 Å². The molecular formula is C15H31NS. The molecule has 1 aliphatic carbocycles. The van der Waals surface area contributed by atoms with Gasteiger partial charge >= 0.3 is 0 Å². The third kappa shape index (κ3) is 8.10. The number of hydrogen-bond donors (Lipinski definition) is 1. The summed E-state index contributed by atoms with van der Waals surface area (Å²) in [6.07, 6.45) is 11.4. The van der Waals surface area contributed by atoms with Gasteiger partial charge in [0.1, 0.15) is 0 Å². The van der Waals surface area contributed by atoms with Gasteiger partial charge in [0.15, 0.2) is 0 Å². The third-order valence-corrected chi connectivity index (χ3v) is 5.07. The zero-order chi connectivity index (χ0) is 12.3. The summed E-state index contributed by atoms with van der Waals surface area (Å²) >= 11 is 2.21. The summed E-state index contributed by atoms with van der Waals surface area (Å²) in [6.45, 7) is 7.12. The minimum atomic E-state index is 0.959. The first kappa shape index (κ1) is 15.4. The highest BCUT2D eigenvalue weighted by Gasteiger charge is 2.18. The van der Waals surface area contributed by atoms with Crippen molar-refractivity contribution in [2.24, 2.45) is 5.92 Å². The van der Waals surface area contributed by atoms with Gasteiger partial charge in [0, 0.05) is 17.5 Å². The van der Waals surface area contributed by atoms with Crippen molar-refractivity contribution in [3.63, 3.8) is 0 Å². The number of unbranched alkanes of at least 4 members (excludes halogenated alkanes) is 3. The molecule has 0 bridgehead atoms. The average Bonchev–Trinajstić information content (AvgIpc) is 2.33. The highest BCUT2D eigenvalue weighted by Crippen LogP contribution is 2.31. The van der Waals surface area contributed by atoms with E-state index in [1.807, 2.05) is 0 Å². The van der Waals surface area contributed by atoms with E-state index in [1.165, 1.54) is 70.2 Å². The Morgan fingerprint density at radius 1 is 1.12 bits per heavy atom. The second-order valence-corrected chi connectivity index (χ2v) is 6.98. The van der Waals surface area contributed by atoms with Gasteiger partial charge in [0.2, 0.25) is 0 Å². The summed E-state index contributed by atoms with van der Waals surface area (Å²) in [7, 11) is 0. The first-order valence-corrected chi connectivity index (χ1v) is 8.70. The van der Waals surface area contributed by atoms with Gasteiger partial charge in [-0.3, -0.25) is 0 Å². The van der Waals surface area contributed by atoms with Crippen LogP contribution in [0.4, 0.5) is 0 Å². The fraction of sp³-hybridized carbons (Fsp3) is 1.00. The van der Waals surface area contributed by atoms with Gasteiger partial charge in [-0.25, -0.2) is 0 Å². The zero-order valence-electron chi connectivity index (χ0n) is 11.8. The molecule has 1 nitrogen and oxygen atoms in total. The minimum Gasteiger partial charge on any atom is -0.316 e. The molecule has 0 saturated heterocycles. The van der Waals surface area contributed by atoms with Gasteiger partial charge in [0.25, 0.3) is 0 Å². The van der Waals surface area contributed by atoms with E-state index in [-0.39, 0.29) is 0 Å². The summed E-state index contributed by atoms with van der Waals surface area (Å²) < 4.78 is 0. The Morgan fingerprint density at radius 2 is 2.00 bits per heavy atom. The van der Waals surface area contributed by atoms with Gasteiger partial charge in [-0.2, -0.15) is 11.8 Å². The summed E-state index contributed by atoms with van der Waals surface area (Å²) in [4.78, 5) is 0. The predicted molar refractivity (Wildman–Crippen MR) is 80.9 cm³/mol. The van der Waals surface area contributed by atoms with Crippen LogP contribution in [0, 0.1) is 5.92 Å². The second-order valence-electron chi connectivity index (χ2n) is 5.58. The van der Waals surface area contributed by atoms with E-state index in [2.05, 4.69) is 30.9 Å². The SMILES string of the molecule is CCCCCCNCCSC1CCCC(C)C1. The summed E-state index contributed by atoms with van der Waals surface area (Å²) in [5.41, 5.74) is 0. The van der Waals surface area contributed by atoms with E-state index in [4.69, 9.17) is 0 Å². The first-order valence-electron chi connectivity index (χ1n) is 7.65. The largest absolute Gasteiger partial charge is 0.316 e. The molecule has 0 aromatic heterocycles. The summed E-state index contributed by atoms with van der Waals surface area (Å²) in [5, 5.41) is 4.53. The number of thioether (sulfide) groups is 1. The van der Waals surface area contributed by atoms with Crippen molar-refractivity contribution < 1.29 is 0 Å². The molecule has 0 heterocycles. The molecule has 17 heavy (non-hydrogen) atoms. The van der Waals surface area contributed by atoms with Crippen molar-refractivity contribution in [2.45, 2.75) is 70.5 Å². The van der Waals surface area contributed by atoms with Crippen molar-refractivity contribution in [2.75, 3.05) is 18.8 Å². The molecule has 0 aliphatic heterocycles. The fourth-order valence-corrected chi connectivity index (χ4v) is 4.02. The Labute approximate surface area is 113 Å². The normalized spacial score (nSPS) is 25.1. The highest BCUT2D eigenvalue weighted by molar-refractivity contribution is 7.99. The lowest BCUT2D eigenvalue weighted by molar-refractivity contribution is 0.394. The van der Waals surface area contributed by atoms with Crippen LogP contribution in [0.25, 0.3) is 0 Å². The Balaban J connectivity index is 1.83. The minimum absolute atomic E-state index is 0.959. The van der Waals surface area contributed by atoms with Gasteiger partial charge in [-0.05, 0) is 31.7 Å². The van der Waals surface area contributed by atoms with Gasteiger partial charge in [-0.1, -0.05) is 46.0 Å². The van der Waals surface area contributed by atoms with Crippen molar-refractivity contribution in [3.05, 3.63) is 0 Å². The monoisotopic (exact) mass is 257 g/mol. The van der Waals surface area contributed by atoms with Crippen LogP contribution in [-0.2, 0) is 0 Å². The lowest BCUT2D eigenvalue weighted by Crippen LogP contribution is -2.21. The van der Waals surface area contributed by atoms with E-state index in [1.54, 1.807) is 0 Å². The van der Waals surface area contributed by atoms with Crippen LogP contribution in [0.2, 0.25) is 0 Å². The Morgan fingerprint density at radius 3 is 2.76 bits per heavy atom. The molecule has 1 aliphatic rings. The van der Waals surface area contributed by atoms with Crippen LogP contribution in [0.1, 0.15) is 65.2 Å². The van der Waals surface area contributed by atoms with Crippen molar-refractivity contribution in [1.29, 1.82) is 0 Å². The topological polar surface area (TPSA) is 12.0 Å². The molecule has 1 rings (SSSR count). The summed E-state index contributed by atoms with van der Waals surface area (Å²) in [6, 6.07) is 0. The molecular weight excluding hydrogens is 226 g/mol. The van der Waals surface area contributed by atoms with Crippen LogP contribution < -0.4 is 5.32 Å². The Kier molecular flexibility index (Phi) is 9.27. The quantitative estimate of drug-likeness (QED) is 0.612. The van der Waals surface area contributed by atoms with E-state index < -0.39 is 0 Å². The molecule has 2 heteroatoms. The lowest BCUT2D eigenvalue weighted by Gasteiger charge is -2.26. The molecule has 0 radical (unpaired) electrons. The number of nitrogens with one attached hydrogen (secondary N) is 1. The average molecular weight is 257 g/mol. The van der Waals surface area contributed by atoms with Crippen LogP contribution in [0.15, 0.2) is 0 Å². The van der Waals surface area contributed by atoms with Crippen LogP contribution in [-0.4, -0.2) is 24.1 Å². The third-order valence-electron chi connectivity index (χ3n) is 3.73. The lowest BCUT2D eigenvalue weighted by atomic mass is 9.91. The molecule has 0 aromatic carbocycles. The second kappa shape index (κ2) is 10.3. The first-order chi connectivity index (χ1) is 8.33. The Bertz CT molecular complexity index is 172. The predicted octanol–water partition coefficient (Wildman–Crippen LogP) is 4.47. The van der Waals surface area contributed by atoms with Gasteiger partial charge in [0.05, 0.1) is 0 Å². The maximum atomic E-state index is 3.57. The molecule has 0 amide bonds. The van der Waals surface area contributed by atoms with Crippen molar-refractivity contribution in [3.8, 4) is 0 Å². The molecule has 102 valence electrons. The van der Waals surface area contributed by atoms with Crippen LogP contribution in [0.3, 0.4) is 0 Å². The Hall–Kier alpha value is 0.310. The zero-order valence-corrected chi connectivity index (χ0v) is 12.7. The van der Waals surface area contributed by atoms with Crippen molar-refractivity contribution in [1.82, 2.24) is 5.32 Å². The van der Waals surface area contributed by atoms with E-state index in [0.717, 1.165) is 11.2 Å². The molecule has 1 N–H and O–H groups in total. The fourth-order valence-electron chi connectivity index (χ4n) is 2.63. The molecule has 2 unspecified atom stereocenters. The molecule has 2 atom stereocenters. The number of hydrogen-bond acceptors (Lipinski definition) is 2. The maximum Gasteiger partial charge on any atom is 0.00608 e. The number of rotatable bonds is 9. The van der Waals surface area contributed by atoms with Crippen LogP contribution in [0.5, 0.6) is 0 Å². The van der Waals surface area contributed by atoms with E-state index in [0.29, 0.717) is 0 Å². The standard InChI is InChI=1S/C15H31NS/c1-3-4-5-6-10-16-11-12-17-15-9-7-8-14(2)13-15/h14-16H,3-13H2,1-2H3. The highest BCUT2D eigenvalue weighted by atomic mass is 32.2. The summed E-state index contributed by atoms with van der Waals surface area (Å²) in [5.74, 6) is 2.29. The molecule has 1 saturated carbocycles. The van der Waals surface area contributed by atoms with E-state index in [9.17, 15) is 0 Å².